The standard InChI is InChI=1S/C21H16N2O3/c24-20(25)12-22-21(26)23-19-11-15-9-13-5-1-2-6-14(13)10-18(15)16-7-3-4-8-17(16)19/h1-11H,12H2,(H,24,25)(H2,22,23,26). The third-order valence-corrected chi connectivity index (χ3v) is 4.37. The van der Waals surface area contributed by atoms with Crippen LogP contribution in [0.4, 0.5) is 10.5 Å². The molecule has 0 aliphatic rings. The number of aliphatic carboxylic acids is 1. The molecular formula is C21H16N2O3. The highest BCUT2D eigenvalue weighted by molar-refractivity contribution is 6.17. The Morgan fingerprint density at radius 3 is 2.15 bits per heavy atom. The molecule has 0 saturated carbocycles. The maximum Gasteiger partial charge on any atom is 0.323 e. The van der Waals surface area contributed by atoms with Crippen LogP contribution in [0.15, 0.2) is 66.7 Å². The van der Waals surface area contributed by atoms with E-state index in [2.05, 4.69) is 34.9 Å². The van der Waals surface area contributed by atoms with Gasteiger partial charge in [0, 0.05) is 5.39 Å². The quantitative estimate of drug-likeness (QED) is 0.382. The van der Waals surface area contributed by atoms with Crippen molar-refractivity contribution >= 4 is 50.0 Å². The Balaban J connectivity index is 1.87. The monoisotopic (exact) mass is 344 g/mol. The van der Waals surface area contributed by atoms with E-state index in [9.17, 15) is 9.59 Å². The number of carbonyl (C=O) groups excluding carboxylic acids is 1. The predicted molar refractivity (Wildman–Crippen MR) is 104 cm³/mol. The minimum absolute atomic E-state index is 0.429. The second-order valence-electron chi connectivity index (χ2n) is 6.09. The molecule has 0 atom stereocenters. The lowest BCUT2D eigenvalue weighted by Crippen LogP contribution is -2.33. The van der Waals surface area contributed by atoms with Crippen molar-refractivity contribution in [2.75, 3.05) is 11.9 Å². The molecule has 4 aromatic carbocycles. The summed E-state index contributed by atoms with van der Waals surface area (Å²) in [7, 11) is 0. The SMILES string of the molecule is O=C(O)CNC(=O)Nc1cc2cc3ccccc3cc2c2ccccc12. The van der Waals surface area contributed by atoms with Crippen molar-refractivity contribution in [2.45, 2.75) is 0 Å². The number of rotatable bonds is 3. The molecule has 3 N–H and O–H groups in total. The summed E-state index contributed by atoms with van der Waals surface area (Å²) in [4.78, 5) is 22.6. The van der Waals surface area contributed by atoms with Crippen molar-refractivity contribution in [3.8, 4) is 0 Å². The van der Waals surface area contributed by atoms with Crippen LogP contribution in [0.1, 0.15) is 0 Å². The summed E-state index contributed by atoms with van der Waals surface area (Å²) in [5, 5.41) is 20.1. The van der Waals surface area contributed by atoms with Crippen LogP contribution in [0.3, 0.4) is 0 Å². The Kier molecular flexibility index (Phi) is 3.89. The van der Waals surface area contributed by atoms with E-state index in [4.69, 9.17) is 5.11 Å². The number of carboxylic acids is 1. The predicted octanol–water partition coefficient (Wildman–Crippen LogP) is 4.35. The van der Waals surface area contributed by atoms with Gasteiger partial charge in [-0.2, -0.15) is 0 Å². The average molecular weight is 344 g/mol. The second kappa shape index (κ2) is 6.37. The molecule has 0 aliphatic heterocycles. The molecule has 128 valence electrons. The van der Waals surface area contributed by atoms with Gasteiger partial charge < -0.3 is 15.7 Å². The van der Waals surface area contributed by atoms with E-state index >= 15 is 0 Å². The molecule has 0 unspecified atom stereocenters. The molecule has 0 saturated heterocycles. The molecule has 0 aromatic heterocycles. The number of anilines is 1. The number of carboxylic acid groups (broad SMARTS) is 1. The van der Waals surface area contributed by atoms with Gasteiger partial charge in [0.2, 0.25) is 0 Å². The summed E-state index contributed by atoms with van der Waals surface area (Å²) >= 11 is 0. The fourth-order valence-corrected chi connectivity index (χ4v) is 3.22. The van der Waals surface area contributed by atoms with Crippen molar-refractivity contribution in [1.29, 1.82) is 0 Å². The van der Waals surface area contributed by atoms with E-state index in [0.717, 1.165) is 32.3 Å². The van der Waals surface area contributed by atoms with Crippen LogP contribution >= 0.6 is 0 Å². The minimum Gasteiger partial charge on any atom is -0.480 e. The number of hydrogen-bond acceptors (Lipinski definition) is 2. The highest BCUT2D eigenvalue weighted by atomic mass is 16.4. The Bertz CT molecular complexity index is 1170. The first-order chi connectivity index (χ1) is 12.6. The maximum atomic E-state index is 12.0. The number of carbonyl (C=O) groups is 2. The lowest BCUT2D eigenvalue weighted by Gasteiger charge is -2.13. The molecule has 0 bridgehead atoms. The summed E-state index contributed by atoms with van der Waals surface area (Å²) in [5.74, 6) is -1.09. The Hall–Kier alpha value is -3.60. The molecule has 0 heterocycles. The average Bonchev–Trinajstić information content (AvgIpc) is 2.65. The molecule has 4 aromatic rings. The minimum atomic E-state index is -1.09. The Morgan fingerprint density at radius 2 is 1.42 bits per heavy atom. The van der Waals surface area contributed by atoms with Gasteiger partial charge in [0.15, 0.2) is 0 Å². The highest BCUT2D eigenvalue weighted by Gasteiger charge is 2.10. The van der Waals surface area contributed by atoms with Gasteiger partial charge >= 0.3 is 12.0 Å². The first-order valence-corrected chi connectivity index (χ1v) is 8.23. The third-order valence-electron chi connectivity index (χ3n) is 4.37. The van der Waals surface area contributed by atoms with Crippen molar-refractivity contribution in [3.63, 3.8) is 0 Å². The van der Waals surface area contributed by atoms with Gasteiger partial charge in [-0.15, -0.1) is 0 Å². The molecule has 5 heteroatoms. The first kappa shape index (κ1) is 15.9. The van der Waals surface area contributed by atoms with Crippen LogP contribution < -0.4 is 10.6 Å². The van der Waals surface area contributed by atoms with Gasteiger partial charge in [-0.1, -0.05) is 48.5 Å². The molecule has 2 amide bonds. The van der Waals surface area contributed by atoms with Crippen LogP contribution in [-0.2, 0) is 4.79 Å². The summed E-state index contributed by atoms with van der Waals surface area (Å²) in [5.41, 5.74) is 0.645. The van der Waals surface area contributed by atoms with E-state index in [1.54, 1.807) is 0 Å². The lowest BCUT2D eigenvalue weighted by atomic mass is 9.97. The molecule has 4 rings (SSSR count). The van der Waals surface area contributed by atoms with Gasteiger partial charge in [0.25, 0.3) is 0 Å². The third kappa shape index (κ3) is 2.91. The molecule has 0 aliphatic carbocycles. The van der Waals surface area contributed by atoms with E-state index in [1.165, 1.54) is 0 Å². The molecule has 0 fully saturated rings. The number of urea groups is 1. The topological polar surface area (TPSA) is 78.4 Å². The lowest BCUT2D eigenvalue weighted by molar-refractivity contribution is -0.135. The number of hydrogen-bond donors (Lipinski definition) is 3. The number of fused-ring (bicyclic) bond motifs is 4. The Labute approximate surface area is 149 Å². The van der Waals surface area contributed by atoms with Crippen molar-refractivity contribution in [1.82, 2.24) is 5.32 Å². The molecule has 0 radical (unpaired) electrons. The van der Waals surface area contributed by atoms with Crippen LogP contribution in [0.5, 0.6) is 0 Å². The van der Waals surface area contributed by atoms with Crippen molar-refractivity contribution < 1.29 is 14.7 Å². The van der Waals surface area contributed by atoms with Crippen LogP contribution in [0, 0.1) is 0 Å². The highest BCUT2D eigenvalue weighted by Crippen LogP contribution is 2.34. The Morgan fingerprint density at radius 1 is 0.769 bits per heavy atom. The summed E-state index contributed by atoms with van der Waals surface area (Å²) < 4.78 is 0. The van der Waals surface area contributed by atoms with Crippen LogP contribution in [0.25, 0.3) is 32.3 Å². The van der Waals surface area contributed by atoms with Crippen molar-refractivity contribution in [3.05, 3.63) is 66.7 Å². The molecule has 0 spiro atoms. The second-order valence-corrected chi connectivity index (χ2v) is 6.09. The normalized spacial score (nSPS) is 10.9. The van der Waals surface area contributed by atoms with Gasteiger partial charge in [-0.05, 0) is 45.1 Å². The van der Waals surface area contributed by atoms with E-state index in [-0.39, 0.29) is 0 Å². The zero-order valence-corrected chi connectivity index (χ0v) is 13.8. The van der Waals surface area contributed by atoms with Gasteiger partial charge in [-0.25, -0.2) is 4.79 Å². The largest absolute Gasteiger partial charge is 0.480 e. The number of nitrogens with one attached hydrogen (secondary N) is 2. The van der Waals surface area contributed by atoms with Gasteiger partial charge in [-0.3, -0.25) is 4.79 Å². The van der Waals surface area contributed by atoms with E-state index in [0.29, 0.717) is 5.69 Å². The van der Waals surface area contributed by atoms with E-state index in [1.807, 2.05) is 42.5 Å². The number of amides is 2. The molecule has 5 nitrogen and oxygen atoms in total. The van der Waals surface area contributed by atoms with Crippen molar-refractivity contribution in [2.24, 2.45) is 0 Å². The molecular weight excluding hydrogens is 328 g/mol. The van der Waals surface area contributed by atoms with Gasteiger partial charge in [0.1, 0.15) is 6.54 Å². The van der Waals surface area contributed by atoms with E-state index < -0.39 is 18.5 Å². The summed E-state index contributed by atoms with van der Waals surface area (Å²) in [6.45, 7) is -0.429. The zero-order valence-electron chi connectivity index (χ0n) is 13.8. The first-order valence-electron chi connectivity index (χ1n) is 8.23. The van der Waals surface area contributed by atoms with Gasteiger partial charge in [0.05, 0.1) is 5.69 Å². The summed E-state index contributed by atoms with van der Waals surface area (Å²) in [6.07, 6.45) is 0. The zero-order chi connectivity index (χ0) is 18.1. The summed E-state index contributed by atoms with van der Waals surface area (Å²) in [6, 6.07) is 21.6. The number of benzene rings is 4. The van der Waals surface area contributed by atoms with Crippen LogP contribution in [0.2, 0.25) is 0 Å². The molecule has 26 heavy (non-hydrogen) atoms. The maximum absolute atomic E-state index is 12.0. The fraction of sp³-hybridized carbons (Fsp3) is 0.0476. The smallest absolute Gasteiger partial charge is 0.323 e. The fourth-order valence-electron chi connectivity index (χ4n) is 3.22. The van der Waals surface area contributed by atoms with Crippen LogP contribution in [-0.4, -0.2) is 23.7 Å².